The first-order chi connectivity index (χ1) is 24.6. The molecule has 5 rings (SSSR count). The summed E-state index contributed by atoms with van der Waals surface area (Å²) >= 11 is 0. The van der Waals surface area contributed by atoms with Crippen molar-refractivity contribution in [1.82, 2.24) is 31.1 Å². The van der Waals surface area contributed by atoms with Crippen LogP contribution in [0.25, 0.3) is 0 Å². The summed E-state index contributed by atoms with van der Waals surface area (Å²) in [7, 11) is 0. The minimum atomic E-state index is -0.975. The fourth-order valence-corrected chi connectivity index (χ4v) is 8.70. The topological polar surface area (TPSA) is 174 Å². The Balaban J connectivity index is 1.32. The molecular weight excluding hydrogens is 664 g/mol. The molecular formula is C39H62N6O7. The first-order valence-electron chi connectivity index (χ1n) is 19.9. The van der Waals surface area contributed by atoms with Crippen LogP contribution in [0.15, 0.2) is 0 Å². The molecule has 6 atom stereocenters. The fourth-order valence-electron chi connectivity index (χ4n) is 8.70. The summed E-state index contributed by atoms with van der Waals surface area (Å²) in [6.45, 7) is 10.3. The second kappa shape index (κ2) is 16.7. The van der Waals surface area contributed by atoms with Crippen LogP contribution in [-0.2, 0) is 28.8 Å². The zero-order valence-corrected chi connectivity index (χ0v) is 32.0. The first kappa shape index (κ1) is 39.7. The van der Waals surface area contributed by atoms with Gasteiger partial charge in [-0.3, -0.25) is 33.7 Å². The second-order valence-electron chi connectivity index (χ2n) is 17.8. The zero-order valence-electron chi connectivity index (χ0n) is 32.0. The van der Waals surface area contributed by atoms with Gasteiger partial charge >= 0.3 is 6.03 Å². The lowest BCUT2D eigenvalue weighted by Crippen LogP contribution is -2.60. The molecule has 7 amide bonds. The van der Waals surface area contributed by atoms with Crippen molar-refractivity contribution in [2.24, 2.45) is 28.6 Å². The summed E-state index contributed by atoms with van der Waals surface area (Å²) in [6.07, 6.45) is 12.5. The van der Waals surface area contributed by atoms with Gasteiger partial charge in [-0.2, -0.15) is 0 Å². The van der Waals surface area contributed by atoms with E-state index in [1.165, 1.54) is 4.90 Å². The average molecular weight is 727 g/mol. The zero-order chi connectivity index (χ0) is 37.8. The maximum absolute atomic E-state index is 14.4. The molecule has 52 heavy (non-hydrogen) atoms. The van der Waals surface area contributed by atoms with E-state index < -0.39 is 53.2 Å². The lowest BCUT2D eigenvalue weighted by molar-refractivity contribution is -0.144. The Kier molecular flexibility index (Phi) is 12.7. The molecule has 5 fully saturated rings. The van der Waals surface area contributed by atoms with E-state index in [9.17, 15) is 33.6 Å². The smallest absolute Gasteiger partial charge is 0.315 e. The molecule has 3 saturated carbocycles. The van der Waals surface area contributed by atoms with Gasteiger partial charge in [0.25, 0.3) is 5.91 Å². The Morgan fingerprint density at radius 3 is 2.08 bits per heavy atom. The average Bonchev–Trinajstić information content (AvgIpc) is 3.78. The van der Waals surface area contributed by atoms with Crippen molar-refractivity contribution in [2.75, 3.05) is 13.1 Å². The van der Waals surface area contributed by atoms with Crippen molar-refractivity contribution < 1.29 is 33.6 Å². The monoisotopic (exact) mass is 726 g/mol. The first-order valence-corrected chi connectivity index (χ1v) is 19.9. The van der Waals surface area contributed by atoms with Crippen LogP contribution in [-0.4, -0.2) is 95.0 Å². The highest BCUT2D eigenvalue weighted by atomic mass is 16.2. The van der Waals surface area contributed by atoms with E-state index in [-0.39, 0.29) is 47.6 Å². The maximum Gasteiger partial charge on any atom is 0.315 e. The van der Waals surface area contributed by atoms with Crippen molar-refractivity contribution in [3.8, 4) is 0 Å². The van der Waals surface area contributed by atoms with E-state index in [1.54, 1.807) is 4.90 Å². The van der Waals surface area contributed by atoms with E-state index in [0.717, 1.165) is 70.6 Å². The van der Waals surface area contributed by atoms with E-state index in [2.05, 4.69) is 35.1 Å². The van der Waals surface area contributed by atoms with Crippen molar-refractivity contribution in [3.05, 3.63) is 0 Å². The number of urea groups is 1. The molecule has 4 N–H and O–H groups in total. The molecule has 0 spiro atoms. The number of piperidine rings is 1. The molecule has 0 unspecified atom stereocenters. The van der Waals surface area contributed by atoms with Crippen LogP contribution in [0.3, 0.4) is 0 Å². The van der Waals surface area contributed by atoms with Gasteiger partial charge in [-0.1, -0.05) is 92.4 Å². The predicted octanol–water partition coefficient (Wildman–Crippen LogP) is 3.58. The van der Waals surface area contributed by atoms with Crippen LogP contribution in [0, 0.1) is 28.6 Å². The van der Waals surface area contributed by atoms with Gasteiger partial charge in [-0.15, -0.1) is 0 Å². The number of Topliss-reactive ketones (excluding diaryl/α,β-unsaturated/α-hetero) is 1. The molecule has 0 radical (unpaired) electrons. The minimum absolute atomic E-state index is 0.0120. The Hall–Kier alpha value is -3.51. The number of carbonyl (C=O) groups excluding carboxylic acids is 7. The number of hydrogen-bond acceptors (Lipinski definition) is 7. The number of rotatable bonds is 9. The van der Waals surface area contributed by atoms with Crippen LogP contribution in [0.4, 0.5) is 4.79 Å². The van der Waals surface area contributed by atoms with Crippen LogP contribution in [0.5, 0.6) is 0 Å². The van der Waals surface area contributed by atoms with Gasteiger partial charge < -0.3 is 26.2 Å². The lowest BCUT2D eigenvalue weighted by Gasteiger charge is -2.36. The molecule has 0 aromatic heterocycles. The highest BCUT2D eigenvalue weighted by Crippen LogP contribution is 2.65. The number of fused-ring (bicyclic) bond motifs is 3. The molecule has 5 aliphatic rings. The van der Waals surface area contributed by atoms with Gasteiger partial charge in [0.1, 0.15) is 12.1 Å². The number of carbonyl (C=O) groups is 7. The van der Waals surface area contributed by atoms with Gasteiger partial charge in [0.15, 0.2) is 0 Å². The highest BCUT2D eigenvalue weighted by molar-refractivity contribution is 6.38. The lowest BCUT2D eigenvalue weighted by atomic mass is 9.86. The van der Waals surface area contributed by atoms with Gasteiger partial charge in [0, 0.05) is 25.0 Å². The molecule has 3 aliphatic carbocycles. The number of imide groups is 1. The summed E-state index contributed by atoms with van der Waals surface area (Å²) in [4.78, 5) is 96.5. The Labute approximate surface area is 308 Å². The standard InChI is InChI=1S/C39H62N6O7/c1-38(2,3)29(22-44(23-46)35(50)24-15-13-14-16-24)43-37(52)42-28-18-12-10-8-6-7-9-11-17-27(32(47)34(49)40-25-19-20-25)41-33(48)31-30-26(39(30,4)5)21-45(31)36(28)51/h23-31H,6-22H2,1-5H3,(H,40,49)(H,41,48)(H2,42,43,52)/t26-,27-,28-,29+,30-,31-/m0/s1. The van der Waals surface area contributed by atoms with E-state index in [1.807, 2.05) is 20.8 Å². The molecule has 2 aliphatic heterocycles. The Morgan fingerprint density at radius 2 is 1.48 bits per heavy atom. The number of amides is 7. The molecule has 0 bridgehead atoms. The number of hydrogen-bond donors (Lipinski definition) is 4. The van der Waals surface area contributed by atoms with E-state index >= 15 is 0 Å². The summed E-state index contributed by atoms with van der Waals surface area (Å²) in [5.74, 6) is -2.53. The second-order valence-corrected chi connectivity index (χ2v) is 17.8. The van der Waals surface area contributed by atoms with Crippen LogP contribution in [0.2, 0.25) is 0 Å². The van der Waals surface area contributed by atoms with Crippen molar-refractivity contribution in [2.45, 2.75) is 161 Å². The predicted molar refractivity (Wildman–Crippen MR) is 194 cm³/mol. The minimum Gasteiger partial charge on any atom is -0.347 e. The SMILES string of the molecule is CC(C)(C)[C@@H](CN(C=O)C(=O)C1CCCC1)NC(=O)N[C@H]1CCCCCCCCC[C@@H](C(=O)C(=O)NC2CC2)NC(=O)[C@@H]2[C@@H]3[C@H](CN2C1=O)C3(C)C. The number of nitrogens with one attached hydrogen (secondary N) is 4. The third-order valence-corrected chi connectivity index (χ3v) is 12.5. The van der Waals surface area contributed by atoms with Gasteiger partial charge in [0.05, 0.1) is 12.1 Å². The third kappa shape index (κ3) is 9.53. The van der Waals surface area contributed by atoms with Crippen molar-refractivity contribution in [3.63, 3.8) is 0 Å². The van der Waals surface area contributed by atoms with E-state index in [0.29, 0.717) is 38.6 Å². The van der Waals surface area contributed by atoms with Crippen molar-refractivity contribution >= 4 is 41.9 Å². The molecule has 0 aromatic rings. The highest BCUT2D eigenvalue weighted by Gasteiger charge is 2.69. The quantitative estimate of drug-likeness (QED) is 0.208. The maximum atomic E-state index is 14.4. The molecule has 290 valence electrons. The summed E-state index contributed by atoms with van der Waals surface area (Å²) in [5.41, 5.74) is -0.698. The molecule has 13 nitrogen and oxygen atoms in total. The number of nitrogens with zero attached hydrogens (tertiary/aromatic N) is 2. The van der Waals surface area contributed by atoms with Crippen LogP contribution >= 0.6 is 0 Å². The Bertz CT molecular complexity index is 1370. The fraction of sp³-hybridized carbons (Fsp3) is 0.821. The Morgan fingerprint density at radius 1 is 0.885 bits per heavy atom. The molecule has 2 heterocycles. The largest absolute Gasteiger partial charge is 0.347 e. The molecule has 2 saturated heterocycles. The summed E-state index contributed by atoms with van der Waals surface area (Å²) in [6, 6.07) is -3.87. The molecule has 13 heteroatoms. The normalized spacial score (nSPS) is 29.2. The van der Waals surface area contributed by atoms with E-state index in [4.69, 9.17) is 0 Å². The van der Waals surface area contributed by atoms with Crippen LogP contribution < -0.4 is 21.3 Å². The van der Waals surface area contributed by atoms with Gasteiger partial charge in [-0.05, 0) is 61.2 Å². The molecule has 0 aromatic carbocycles. The number of ketones is 1. The summed E-state index contributed by atoms with van der Waals surface area (Å²) < 4.78 is 0. The summed E-state index contributed by atoms with van der Waals surface area (Å²) in [5, 5.41) is 11.6. The van der Waals surface area contributed by atoms with Crippen molar-refractivity contribution in [1.29, 1.82) is 0 Å². The van der Waals surface area contributed by atoms with Gasteiger partial charge in [-0.25, -0.2) is 4.79 Å². The third-order valence-electron chi connectivity index (χ3n) is 12.5. The van der Waals surface area contributed by atoms with Gasteiger partial charge in [0.2, 0.25) is 29.9 Å². The van der Waals surface area contributed by atoms with Crippen LogP contribution in [0.1, 0.15) is 131 Å².